The van der Waals surface area contributed by atoms with E-state index in [2.05, 4.69) is 10.6 Å². The van der Waals surface area contributed by atoms with Gasteiger partial charge in [-0.1, -0.05) is 0 Å². The number of likely N-dealkylation sites (tertiary alicyclic amines) is 2. The third-order valence-electron chi connectivity index (χ3n) is 6.81. The lowest BCUT2D eigenvalue weighted by molar-refractivity contribution is -0.175. The van der Waals surface area contributed by atoms with Crippen molar-refractivity contribution in [2.24, 2.45) is 11.3 Å². The molecule has 154 valence electrons. The topological polar surface area (TPSA) is 91.0 Å². The van der Waals surface area contributed by atoms with Crippen molar-refractivity contribution in [1.82, 2.24) is 20.4 Å². The van der Waals surface area contributed by atoms with Crippen molar-refractivity contribution in [1.29, 1.82) is 0 Å². The number of carbonyl (C=O) groups excluding carboxylic acids is 3. The fraction of sp³-hybridized carbons (Fsp3) is 0.824. The van der Waals surface area contributed by atoms with Crippen LogP contribution in [0.5, 0.6) is 0 Å². The first-order valence-electron chi connectivity index (χ1n) is 9.42. The van der Waals surface area contributed by atoms with Crippen LogP contribution in [-0.2, 0) is 9.53 Å². The highest BCUT2D eigenvalue weighted by molar-refractivity contribution is 5.82. The van der Waals surface area contributed by atoms with Crippen LogP contribution in [0.4, 0.5) is 22.8 Å². The van der Waals surface area contributed by atoms with Gasteiger partial charge in [-0.15, -0.1) is 0 Å². The van der Waals surface area contributed by atoms with E-state index >= 15 is 0 Å². The van der Waals surface area contributed by atoms with Crippen LogP contribution in [0.1, 0.15) is 25.7 Å². The van der Waals surface area contributed by atoms with Gasteiger partial charge in [0.1, 0.15) is 17.7 Å². The lowest BCUT2D eigenvalue weighted by atomic mass is 9.57. The van der Waals surface area contributed by atoms with E-state index in [1.54, 1.807) is 9.80 Å². The van der Waals surface area contributed by atoms with Crippen molar-refractivity contribution < 1.29 is 32.3 Å². The maximum absolute atomic E-state index is 13.0. The summed E-state index contributed by atoms with van der Waals surface area (Å²) >= 11 is 0. The zero-order chi connectivity index (χ0) is 19.9. The Morgan fingerprint density at radius 1 is 1.11 bits per heavy atom. The summed E-state index contributed by atoms with van der Waals surface area (Å²) in [6.45, 7) is 2.12. The van der Waals surface area contributed by atoms with Gasteiger partial charge < -0.3 is 25.2 Å². The van der Waals surface area contributed by atoms with E-state index in [4.69, 9.17) is 4.74 Å². The van der Waals surface area contributed by atoms with Crippen molar-refractivity contribution in [3.05, 3.63) is 0 Å². The number of hydrogen-bond acceptors (Lipinski definition) is 4. The molecule has 3 heterocycles. The molecule has 2 aliphatic carbocycles. The van der Waals surface area contributed by atoms with E-state index in [0.29, 0.717) is 39.0 Å². The van der Waals surface area contributed by atoms with Gasteiger partial charge in [0.25, 0.3) is 0 Å². The first kappa shape index (κ1) is 17.9. The number of nitrogens with zero attached hydrogens (tertiary/aromatic N) is 2. The molecule has 0 aromatic rings. The van der Waals surface area contributed by atoms with Gasteiger partial charge in [0.15, 0.2) is 0 Å². The van der Waals surface area contributed by atoms with E-state index < -0.39 is 35.2 Å². The largest absolute Gasteiger partial charge is 0.447 e. The second-order valence-electron chi connectivity index (χ2n) is 9.15. The summed E-state index contributed by atoms with van der Waals surface area (Å²) in [7, 11) is 0. The van der Waals surface area contributed by atoms with E-state index in [9.17, 15) is 27.6 Å². The normalized spacial score (nSPS) is 28.8. The van der Waals surface area contributed by atoms with Crippen LogP contribution in [-0.4, -0.2) is 77.9 Å². The molecule has 0 unspecified atom stereocenters. The summed E-state index contributed by atoms with van der Waals surface area (Å²) in [4.78, 5) is 39.1. The Kier molecular flexibility index (Phi) is 3.34. The number of carbonyl (C=O) groups is 3. The van der Waals surface area contributed by atoms with Crippen LogP contribution in [0.3, 0.4) is 0 Å². The molecular weight excluding hydrogens is 381 g/mol. The second kappa shape index (κ2) is 5.24. The van der Waals surface area contributed by atoms with Crippen molar-refractivity contribution in [2.45, 2.75) is 42.9 Å². The highest BCUT2D eigenvalue weighted by Gasteiger charge is 2.66. The summed E-state index contributed by atoms with van der Waals surface area (Å²) in [5.41, 5.74) is -2.62. The molecule has 0 atom stereocenters. The van der Waals surface area contributed by atoms with Gasteiger partial charge in [-0.25, -0.2) is 9.59 Å². The Morgan fingerprint density at radius 2 is 1.71 bits per heavy atom. The molecule has 8 nitrogen and oxygen atoms in total. The number of ether oxygens (including phenoxy) is 1. The summed E-state index contributed by atoms with van der Waals surface area (Å²) in [6.07, 6.45) is -3.93. The van der Waals surface area contributed by atoms with Gasteiger partial charge in [0, 0.05) is 24.4 Å². The molecule has 5 fully saturated rings. The predicted octanol–water partition coefficient (Wildman–Crippen LogP) is 0.824. The third kappa shape index (κ3) is 2.54. The minimum atomic E-state index is -4.40. The van der Waals surface area contributed by atoms with Crippen LogP contribution in [0.2, 0.25) is 0 Å². The predicted molar refractivity (Wildman–Crippen MR) is 87.1 cm³/mol. The minimum Gasteiger partial charge on any atom is -0.447 e. The second-order valence-corrected chi connectivity index (χ2v) is 9.15. The first-order chi connectivity index (χ1) is 13.0. The van der Waals surface area contributed by atoms with Crippen LogP contribution in [0, 0.1) is 11.3 Å². The van der Waals surface area contributed by atoms with Crippen molar-refractivity contribution in [3.63, 3.8) is 0 Å². The molecule has 2 spiro atoms. The van der Waals surface area contributed by atoms with Crippen LogP contribution < -0.4 is 10.6 Å². The summed E-state index contributed by atoms with van der Waals surface area (Å²) in [5, 5.41) is 4.92. The standard InChI is InChI=1S/C17H21F3N4O4/c18-17(19,20)16(1-2-16)21-11(25)10-3-14(4-10)5-23(6-14)13(27)24-7-15(8-24)9-28-12(26)22-15/h10H,1-9H2,(H,21,25)(H,22,26). The molecule has 0 radical (unpaired) electrons. The fourth-order valence-corrected chi connectivity index (χ4v) is 4.95. The van der Waals surface area contributed by atoms with Crippen LogP contribution in [0.25, 0.3) is 0 Å². The SMILES string of the molecule is O=C1NC2(CO1)CN(C(=O)N1CC3(CC(C(=O)NC4(C(F)(F)F)CC4)C3)C1)C2. The average Bonchev–Trinajstić information content (AvgIpc) is 3.17. The third-order valence-corrected chi connectivity index (χ3v) is 6.81. The highest BCUT2D eigenvalue weighted by Crippen LogP contribution is 2.54. The Bertz CT molecular complexity index is 746. The van der Waals surface area contributed by atoms with E-state index in [0.717, 1.165) is 0 Å². The number of halogens is 3. The van der Waals surface area contributed by atoms with Crippen molar-refractivity contribution in [2.75, 3.05) is 32.8 Å². The molecule has 4 amide bonds. The van der Waals surface area contributed by atoms with Crippen molar-refractivity contribution >= 4 is 18.0 Å². The summed E-state index contributed by atoms with van der Waals surface area (Å²) in [5.74, 6) is -0.929. The number of rotatable bonds is 2. The van der Waals surface area contributed by atoms with Gasteiger partial charge in [-0.05, 0) is 25.7 Å². The molecule has 0 aromatic heterocycles. The minimum absolute atomic E-state index is 0.0504. The quantitative estimate of drug-likeness (QED) is 0.716. The lowest BCUT2D eigenvalue weighted by Gasteiger charge is -2.60. The highest BCUT2D eigenvalue weighted by atomic mass is 19.4. The zero-order valence-corrected chi connectivity index (χ0v) is 15.1. The van der Waals surface area contributed by atoms with E-state index in [-0.39, 0.29) is 30.9 Å². The molecule has 5 rings (SSSR count). The van der Waals surface area contributed by atoms with E-state index in [1.807, 2.05) is 0 Å². The maximum Gasteiger partial charge on any atom is 0.411 e. The number of nitrogens with one attached hydrogen (secondary N) is 2. The Balaban J connectivity index is 1.07. The number of urea groups is 1. The molecule has 2 saturated carbocycles. The molecule has 3 aliphatic heterocycles. The molecule has 5 aliphatic rings. The molecule has 11 heteroatoms. The van der Waals surface area contributed by atoms with Gasteiger partial charge in [0.2, 0.25) is 5.91 Å². The number of hydrogen-bond donors (Lipinski definition) is 2. The van der Waals surface area contributed by atoms with Gasteiger partial charge >= 0.3 is 18.3 Å². The zero-order valence-electron chi connectivity index (χ0n) is 15.1. The van der Waals surface area contributed by atoms with Gasteiger partial charge in [0.05, 0.1) is 13.1 Å². The number of cyclic esters (lactones) is 1. The molecule has 0 bridgehead atoms. The van der Waals surface area contributed by atoms with Gasteiger partial charge in [-0.3, -0.25) is 4.79 Å². The molecule has 3 saturated heterocycles. The smallest absolute Gasteiger partial charge is 0.411 e. The molecule has 2 N–H and O–H groups in total. The van der Waals surface area contributed by atoms with Gasteiger partial charge in [-0.2, -0.15) is 13.2 Å². The number of alkyl halides is 3. The van der Waals surface area contributed by atoms with Crippen LogP contribution in [0.15, 0.2) is 0 Å². The number of alkyl carbamates (subject to hydrolysis) is 1. The Hall–Kier alpha value is -2.20. The fourth-order valence-electron chi connectivity index (χ4n) is 4.95. The average molecular weight is 402 g/mol. The van der Waals surface area contributed by atoms with E-state index in [1.165, 1.54) is 0 Å². The monoisotopic (exact) mass is 402 g/mol. The molecular formula is C17H21F3N4O4. The first-order valence-corrected chi connectivity index (χ1v) is 9.42. The lowest BCUT2D eigenvalue weighted by Crippen LogP contribution is -2.74. The van der Waals surface area contributed by atoms with Crippen LogP contribution >= 0.6 is 0 Å². The molecule has 28 heavy (non-hydrogen) atoms. The van der Waals surface area contributed by atoms with Crippen molar-refractivity contribution in [3.8, 4) is 0 Å². The Labute approximate surface area is 158 Å². The number of amides is 4. The Morgan fingerprint density at radius 3 is 2.21 bits per heavy atom. The molecule has 0 aromatic carbocycles. The summed E-state index contributed by atoms with van der Waals surface area (Å²) < 4.78 is 43.8. The maximum atomic E-state index is 13.0. The summed E-state index contributed by atoms with van der Waals surface area (Å²) in [6, 6.07) is -0.112.